The van der Waals surface area contributed by atoms with E-state index in [0.717, 1.165) is 31.6 Å². The fraction of sp³-hybridized carbons (Fsp3) is 0.533. The van der Waals surface area contributed by atoms with Crippen molar-refractivity contribution in [3.63, 3.8) is 0 Å². The second-order valence-corrected chi connectivity index (χ2v) is 6.70. The lowest BCUT2D eigenvalue weighted by Gasteiger charge is -2.30. The van der Waals surface area contributed by atoms with Crippen LogP contribution in [0.4, 0.5) is 0 Å². The van der Waals surface area contributed by atoms with Crippen molar-refractivity contribution in [2.75, 3.05) is 12.3 Å². The number of hydrogen-bond acceptors (Lipinski definition) is 3. The maximum absolute atomic E-state index is 12.5. The topological polar surface area (TPSA) is 41.1 Å². The summed E-state index contributed by atoms with van der Waals surface area (Å²) in [4.78, 5) is 13.8. The van der Waals surface area contributed by atoms with E-state index in [-0.39, 0.29) is 17.5 Å². The van der Waals surface area contributed by atoms with Gasteiger partial charge in [0.15, 0.2) is 0 Å². The van der Waals surface area contributed by atoms with Gasteiger partial charge in [-0.15, -0.1) is 11.8 Å². The molecule has 0 aliphatic carbocycles. The van der Waals surface area contributed by atoms with Crippen molar-refractivity contribution in [2.24, 2.45) is 0 Å². The maximum atomic E-state index is 12.5. The molecule has 2 aliphatic rings. The normalized spacial score (nSPS) is 29.8. The summed E-state index contributed by atoms with van der Waals surface area (Å²) in [5.41, 5.74) is 0.896. The molecule has 0 saturated carbocycles. The van der Waals surface area contributed by atoms with E-state index >= 15 is 0 Å². The van der Waals surface area contributed by atoms with Gasteiger partial charge in [-0.1, -0.05) is 18.2 Å². The number of rotatable bonds is 2. The number of benzene rings is 1. The van der Waals surface area contributed by atoms with Gasteiger partial charge in [-0.05, 0) is 44.4 Å². The van der Waals surface area contributed by atoms with Crippen LogP contribution >= 0.6 is 11.8 Å². The van der Waals surface area contributed by atoms with E-state index in [1.165, 1.54) is 10.5 Å². The van der Waals surface area contributed by atoms with Gasteiger partial charge in [-0.3, -0.25) is 4.79 Å². The number of fused-ring (bicyclic) bond motifs is 1. The van der Waals surface area contributed by atoms with Crippen molar-refractivity contribution < 1.29 is 4.79 Å². The molecule has 2 atom stereocenters. The zero-order valence-electron chi connectivity index (χ0n) is 11.2. The Morgan fingerprint density at radius 1 is 1.47 bits per heavy atom. The monoisotopic (exact) mass is 276 g/mol. The summed E-state index contributed by atoms with van der Waals surface area (Å²) in [5, 5.41) is 6.57. The fourth-order valence-electron chi connectivity index (χ4n) is 2.90. The molecule has 0 aromatic heterocycles. The van der Waals surface area contributed by atoms with Gasteiger partial charge in [0, 0.05) is 10.6 Å². The lowest BCUT2D eigenvalue weighted by molar-refractivity contribution is -0.127. The van der Waals surface area contributed by atoms with Crippen LogP contribution in [-0.4, -0.2) is 23.7 Å². The molecule has 1 aromatic carbocycles. The minimum atomic E-state index is -0.375. The van der Waals surface area contributed by atoms with E-state index in [2.05, 4.69) is 34.9 Å². The highest BCUT2D eigenvalue weighted by Gasteiger charge is 2.37. The smallest absolute Gasteiger partial charge is 0.240 e. The van der Waals surface area contributed by atoms with Crippen LogP contribution in [-0.2, 0) is 4.79 Å². The van der Waals surface area contributed by atoms with E-state index in [0.29, 0.717) is 0 Å². The molecular weight excluding hydrogens is 256 g/mol. The summed E-state index contributed by atoms with van der Waals surface area (Å²) in [7, 11) is 0. The Hall–Kier alpha value is -1.00. The van der Waals surface area contributed by atoms with Crippen molar-refractivity contribution in [3.05, 3.63) is 29.8 Å². The Balaban J connectivity index is 1.76. The Morgan fingerprint density at radius 3 is 3.11 bits per heavy atom. The van der Waals surface area contributed by atoms with E-state index in [1.807, 2.05) is 18.7 Å². The van der Waals surface area contributed by atoms with E-state index in [9.17, 15) is 4.79 Å². The van der Waals surface area contributed by atoms with E-state index in [4.69, 9.17) is 0 Å². The first-order valence-electron chi connectivity index (χ1n) is 6.97. The van der Waals surface area contributed by atoms with Gasteiger partial charge in [-0.25, -0.2) is 0 Å². The number of amides is 1. The van der Waals surface area contributed by atoms with Crippen molar-refractivity contribution >= 4 is 17.7 Å². The third-order valence-electron chi connectivity index (χ3n) is 4.13. The van der Waals surface area contributed by atoms with Gasteiger partial charge in [0.25, 0.3) is 0 Å². The van der Waals surface area contributed by atoms with Crippen LogP contribution in [0.15, 0.2) is 29.2 Å². The van der Waals surface area contributed by atoms with Crippen molar-refractivity contribution in [3.8, 4) is 0 Å². The largest absolute Gasteiger partial charge is 0.348 e. The Morgan fingerprint density at radius 2 is 2.32 bits per heavy atom. The Kier molecular flexibility index (Phi) is 3.54. The van der Waals surface area contributed by atoms with E-state index in [1.54, 1.807) is 0 Å². The second-order valence-electron chi connectivity index (χ2n) is 5.56. The molecule has 4 heteroatoms. The number of carbonyl (C=O) groups excluding carboxylic acids is 1. The molecule has 0 spiro atoms. The van der Waals surface area contributed by atoms with Crippen molar-refractivity contribution in [1.29, 1.82) is 0 Å². The highest BCUT2D eigenvalue weighted by atomic mass is 32.2. The molecule has 2 N–H and O–H groups in total. The molecule has 2 heterocycles. The third-order valence-corrected chi connectivity index (χ3v) is 5.26. The second kappa shape index (κ2) is 5.17. The predicted molar refractivity (Wildman–Crippen MR) is 78.3 cm³/mol. The average molecular weight is 276 g/mol. The summed E-state index contributed by atoms with van der Waals surface area (Å²) in [5.74, 6) is 1.23. The molecule has 3 nitrogen and oxygen atoms in total. The standard InChI is InChI=1S/C15H20N2OS/c1-15(8-4-9-16-15)14(18)17-12-7-10-19-13-6-3-2-5-11(12)13/h2-3,5-6,12,16H,4,7-10H2,1H3,(H,17,18). The van der Waals surface area contributed by atoms with Crippen molar-refractivity contribution in [2.45, 2.75) is 42.7 Å². The summed E-state index contributed by atoms with van der Waals surface area (Å²) in [6, 6.07) is 8.57. The number of thioether (sulfide) groups is 1. The van der Waals surface area contributed by atoms with Gasteiger partial charge in [0.1, 0.15) is 0 Å². The first-order valence-corrected chi connectivity index (χ1v) is 7.95. The quantitative estimate of drug-likeness (QED) is 0.872. The first-order chi connectivity index (χ1) is 9.19. The van der Waals surface area contributed by atoms with E-state index < -0.39 is 0 Å². The van der Waals surface area contributed by atoms with Crippen LogP contribution in [0.5, 0.6) is 0 Å². The molecule has 19 heavy (non-hydrogen) atoms. The van der Waals surface area contributed by atoms with Gasteiger partial charge < -0.3 is 10.6 Å². The number of hydrogen-bond donors (Lipinski definition) is 2. The van der Waals surface area contributed by atoms with Crippen LogP contribution in [0.25, 0.3) is 0 Å². The predicted octanol–water partition coefficient (Wildman–Crippen LogP) is 2.48. The summed E-state index contributed by atoms with van der Waals surface area (Å²) < 4.78 is 0. The van der Waals surface area contributed by atoms with Crippen molar-refractivity contribution in [1.82, 2.24) is 10.6 Å². The SMILES string of the molecule is CC1(C(=O)NC2CCSc3ccccc32)CCCN1. The molecule has 0 bridgehead atoms. The van der Waals surface area contributed by atoms with Gasteiger partial charge in [0.2, 0.25) is 5.91 Å². The summed E-state index contributed by atoms with van der Waals surface area (Å²) in [6.07, 6.45) is 3.03. The molecule has 1 saturated heterocycles. The van der Waals surface area contributed by atoms with Gasteiger partial charge >= 0.3 is 0 Å². The van der Waals surface area contributed by atoms with Crippen LogP contribution in [0.3, 0.4) is 0 Å². The molecular formula is C15H20N2OS. The third kappa shape index (κ3) is 2.51. The highest BCUT2D eigenvalue weighted by Crippen LogP contribution is 2.36. The highest BCUT2D eigenvalue weighted by molar-refractivity contribution is 7.99. The molecule has 102 valence electrons. The van der Waals surface area contributed by atoms with Crippen LogP contribution in [0.2, 0.25) is 0 Å². The fourth-order valence-corrected chi connectivity index (χ4v) is 4.02. The van der Waals surface area contributed by atoms with Gasteiger partial charge in [-0.2, -0.15) is 0 Å². The summed E-state index contributed by atoms with van der Waals surface area (Å²) >= 11 is 1.88. The molecule has 0 radical (unpaired) electrons. The van der Waals surface area contributed by atoms with Crippen LogP contribution < -0.4 is 10.6 Å². The average Bonchev–Trinajstić information content (AvgIpc) is 2.87. The number of nitrogens with one attached hydrogen (secondary N) is 2. The minimum absolute atomic E-state index is 0.150. The van der Waals surface area contributed by atoms with Crippen LogP contribution in [0, 0.1) is 0 Å². The molecule has 3 rings (SSSR count). The minimum Gasteiger partial charge on any atom is -0.348 e. The molecule has 1 aromatic rings. The Bertz CT molecular complexity index is 483. The zero-order valence-corrected chi connectivity index (χ0v) is 12.1. The maximum Gasteiger partial charge on any atom is 0.240 e. The Labute approximate surface area is 118 Å². The molecule has 1 fully saturated rings. The lowest BCUT2D eigenvalue weighted by atomic mass is 9.97. The first kappa shape index (κ1) is 13.0. The lowest BCUT2D eigenvalue weighted by Crippen LogP contribution is -2.52. The van der Waals surface area contributed by atoms with Crippen LogP contribution in [0.1, 0.15) is 37.8 Å². The molecule has 1 amide bonds. The number of carbonyl (C=O) groups is 1. The zero-order chi connectivity index (χ0) is 13.3. The molecule has 2 unspecified atom stereocenters. The molecule has 2 aliphatic heterocycles. The van der Waals surface area contributed by atoms with Gasteiger partial charge in [0.05, 0.1) is 11.6 Å². The summed E-state index contributed by atoms with van der Waals surface area (Å²) in [6.45, 7) is 2.96.